The first-order chi connectivity index (χ1) is 32.2. The molecular weight excluding hydrogens is 835 g/mol. The van der Waals surface area contributed by atoms with Crippen molar-refractivity contribution >= 4 is 11.9 Å². The maximum Gasteiger partial charge on any atom is 0.305 e. The molecule has 1 aliphatic rings. The van der Waals surface area contributed by atoms with Crippen LogP contribution >= 0.6 is 0 Å². The minimum Gasteiger partial charge on any atom is -0.466 e. The van der Waals surface area contributed by atoms with Gasteiger partial charge in [-0.05, 0) is 51.4 Å². The van der Waals surface area contributed by atoms with Crippen LogP contribution in [0.15, 0.2) is 36.5 Å². The third kappa shape index (κ3) is 35.1. The molecule has 11 heteroatoms. The molecule has 1 aliphatic heterocycles. The monoisotopic (exact) mass is 936 g/mol. The van der Waals surface area contributed by atoms with E-state index in [0.29, 0.717) is 19.4 Å². The van der Waals surface area contributed by atoms with Crippen molar-refractivity contribution in [2.24, 2.45) is 0 Å². The van der Waals surface area contributed by atoms with Crippen molar-refractivity contribution < 1.29 is 49.3 Å². The van der Waals surface area contributed by atoms with E-state index >= 15 is 0 Å². The van der Waals surface area contributed by atoms with Gasteiger partial charge in [0.15, 0.2) is 6.29 Å². The summed E-state index contributed by atoms with van der Waals surface area (Å²) in [5.74, 6) is -0.302. The summed E-state index contributed by atoms with van der Waals surface area (Å²) < 4.78 is 16.6. The zero-order valence-corrected chi connectivity index (χ0v) is 42.2. The average Bonchev–Trinajstić information content (AvgIpc) is 3.31. The lowest BCUT2D eigenvalue weighted by Crippen LogP contribution is -2.60. The quantitative estimate of drug-likeness (QED) is 0.0196. The van der Waals surface area contributed by atoms with Crippen LogP contribution < -0.4 is 5.32 Å². The summed E-state index contributed by atoms with van der Waals surface area (Å²) in [5.41, 5.74) is 0. The molecule has 0 spiro atoms. The molecule has 0 radical (unpaired) electrons. The van der Waals surface area contributed by atoms with Gasteiger partial charge in [0.25, 0.3) is 0 Å². The van der Waals surface area contributed by atoms with E-state index < -0.39 is 49.5 Å². The van der Waals surface area contributed by atoms with Gasteiger partial charge < -0.3 is 45.1 Å². The fraction of sp³-hybridized carbons (Fsp3) is 0.855. The molecule has 0 bridgehead atoms. The van der Waals surface area contributed by atoms with Crippen LogP contribution in [0.2, 0.25) is 0 Å². The SMILES string of the molecule is CCCCCCCCC/C=C/C(O)C(COC1OC(CO)C(O)C(O)C1O)NC(=O)CC/C=C\C/C=C\CCCCCCCCOC(=O)CCCCCCCCCCCCCCCCCC. The number of ether oxygens (including phenoxy) is 3. The summed E-state index contributed by atoms with van der Waals surface area (Å²) in [6.45, 7) is 4.22. The van der Waals surface area contributed by atoms with Gasteiger partial charge in [-0.15, -0.1) is 0 Å². The number of amides is 1. The van der Waals surface area contributed by atoms with Crippen molar-refractivity contribution in [3.63, 3.8) is 0 Å². The Hall–Kier alpha value is -2.12. The lowest BCUT2D eigenvalue weighted by Gasteiger charge is -2.40. The number of aliphatic hydroxyl groups excluding tert-OH is 5. The molecule has 7 unspecified atom stereocenters. The second kappa shape index (κ2) is 45.3. The molecule has 386 valence electrons. The molecule has 66 heavy (non-hydrogen) atoms. The van der Waals surface area contributed by atoms with Crippen LogP contribution in [0.25, 0.3) is 0 Å². The van der Waals surface area contributed by atoms with Gasteiger partial charge >= 0.3 is 5.97 Å². The number of carbonyl (C=O) groups excluding carboxylic acids is 2. The number of hydrogen-bond donors (Lipinski definition) is 6. The number of nitrogens with one attached hydrogen (secondary N) is 1. The predicted octanol–water partition coefficient (Wildman–Crippen LogP) is 11.6. The van der Waals surface area contributed by atoms with E-state index in [4.69, 9.17) is 14.2 Å². The van der Waals surface area contributed by atoms with Crippen LogP contribution in [0, 0.1) is 0 Å². The molecule has 0 aromatic carbocycles. The van der Waals surface area contributed by atoms with Gasteiger partial charge in [0.1, 0.15) is 24.4 Å². The van der Waals surface area contributed by atoms with Gasteiger partial charge in [0.05, 0.1) is 32.0 Å². The Kier molecular flexibility index (Phi) is 42.5. The number of aliphatic hydroxyl groups is 5. The Morgan fingerprint density at radius 2 is 1.03 bits per heavy atom. The van der Waals surface area contributed by atoms with Gasteiger partial charge in [-0.2, -0.15) is 0 Å². The molecule has 1 rings (SSSR count). The third-order valence-electron chi connectivity index (χ3n) is 12.8. The Morgan fingerprint density at radius 1 is 0.561 bits per heavy atom. The Balaban J connectivity index is 2.14. The molecule has 11 nitrogen and oxygen atoms in total. The van der Waals surface area contributed by atoms with Gasteiger partial charge in [0.2, 0.25) is 5.91 Å². The summed E-state index contributed by atoms with van der Waals surface area (Å²) in [5, 5.41) is 54.0. The van der Waals surface area contributed by atoms with Gasteiger partial charge in [-0.3, -0.25) is 9.59 Å². The second-order valence-corrected chi connectivity index (χ2v) is 18.9. The molecule has 1 heterocycles. The third-order valence-corrected chi connectivity index (χ3v) is 12.8. The summed E-state index contributed by atoms with van der Waals surface area (Å²) in [6.07, 6.45) is 44.0. The highest BCUT2D eigenvalue weighted by Gasteiger charge is 2.44. The van der Waals surface area contributed by atoms with E-state index in [0.717, 1.165) is 70.6 Å². The molecule has 0 aromatic heterocycles. The zero-order chi connectivity index (χ0) is 48.1. The van der Waals surface area contributed by atoms with Crippen molar-refractivity contribution in [2.75, 3.05) is 19.8 Å². The van der Waals surface area contributed by atoms with E-state index in [1.807, 2.05) is 18.2 Å². The van der Waals surface area contributed by atoms with E-state index in [2.05, 4.69) is 31.3 Å². The first kappa shape index (κ1) is 61.9. The summed E-state index contributed by atoms with van der Waals surface area (Å²) in [6, 6.07) is -0.852. The van der Waals surface area contributed by atoms with Crippen LogP contribution in [-0.4, -0.2) is 100 Å². The maximum absolute atomic E-state index is 12.9. The minimum atomic E-state index is -1.59. The highest BCUT2D eigenvalue weighted by atomic mass is 16.7. The molecule has 7 atom stereocenters. The number of carbonyl (C=O) groups is 2. The number of allylic oxidation sites excluding steroid dienone is 5. The standard InChI is InChI=1S/C55H101NO10/c1-3-5-7-9-11-13-14-15-16-17-20-23-27-31-35-39-43-51(60)64-44-40-36-32-28-24-21-18-19-22-26-30-34-38-42-50(59)56-47(48(58)41-37-33-29-25-12-10-8-6-4-2)46-65-55-54(63)53(62)52(61)49(45-57)66-55/h19,22,30,34,37,41,47-49,52-55,57-58,61-63H,3-18,20-21,23-29,31-33,35-36,38-40,42-46H2,1-2H3,(H,56,59)/b22-19-,34-30-,41-37+. The second-order valence-electron chi connectivity index (χ2n) is 18.9. The highest BCUT2D eigenvalue weighted by molar-refractivity contribution is 5.76. The Bertz CT molecular complexity index is 1190. The van der Waals surface area contributed by atoms with Crippen molar-refractivity contribution in [1.29, 1.82) is 0 Å². The molecule has 1 saturated heterocycles. The highest BCUT2D eigenvalue weighted by Crippen LogP contribution is 2.23. The van der Waals surface area contributed by atoms with E-state index in [1.165, 1.54) is 135 Å². The van der Waals surface area contributed by atoms with Gasteiger partial charge in [0, 0.05) is 12.8 Å². The minimum absolute atomic E-state index is 0.0366. The first-order valence-electron chi connectivity index (χ1n) is 27.3. The smallest absolute Gasteiger partial charge is 0.305 e. The topological polar surface area (TPSA) is 175 Å². The van der Waals surface area contributed by atoms with Crippen molar-refractivity contribution in [1.82, 2.24) is 5.32 Å². The van der Waals surface area contributed by atoms with Crippen molar-refractivity contribution in [3.8, 4) is 0 Å². The molecule has 0 aromatic rings. The van der Waals surface area contributed by atoms with Crippen molar-refractivity contribution in [2.45, 2.75) is 281 Å². The molecular formula is C55H101NO10. The summed E-state index contributed by atoms with van der Waals surface area (Å²) in [4.78, 5) is 25.0. The van der Waals surface area contributed by atoms with Gasteiger partial charge in [-0.1, -0.05) is 211 Å². The van der Waals surface area contributed by atoms with Crippen LogP contribution in [0.3, 0.4) is 0 Å². The van der Waals surface area contributed by atoms with E-state index in [-0.39, 0.29) is 24.9 Å². The fourth-order valence-electron chi connectivity index (χ4n) is 8.37. The zero-order valence-electron chi connectivity index (χ0n) is 42.2. The number of rotatable bonds is 46. The van der Waals surface area contributed by atoms with Crippen LogP contribution in [0.4, 0.5) is 0 Å². The first-order valence-corrected chi connectivity index (χ1v) is 27.3. The maximum atomic E-state index is 12.9. The molecule has 1 fully saturated rings. The van der Waals surface area contributed by atoms with E-state index in [9.17, 15) is 35.1 Å². The lowest BCUT2D eigenvalue weighted by atomic mass is 9.99. The lowest BCUT2D eigenvalue weighted by molar-refractivity contribution is -0.302. The number of unbranched alkanes of at least 4 members (excludes halogenated alkanes) is 28. The largest absolute Gasteiger partial charge is 0.466 e. The molecule has 0 aliphatic carbocycles. The number of esters is 1. The van der Waals surface area contributed by atoms with Crippen LogP contribution in [0.5, 0.6) is 0 Å². The summed E-state index contributed by atoms with van der Waals surface area (Å²) in [7, 11) is 0. The normalized spacial score (nSPS) is 19.9. The van der Waals surface area contributed by atoms with Crippen LogP contribution in [-0.2, 0) is 23.8 Å². The molecule has 1 amide bonds. The van der Waals surface area contributed by atoms with Crippen LogP contribution in [0.1, 0.15) is 239 Å². The average molecular weight is 936 g/mol. The molecule has 0 saturated carbocycles. The Labute approximate surface area is 403 Å². The molecule has 6 N–H and O–H groups in total. The van der Waals surface area contributed by atoms with Crippen molar-refractivity contribution in [3.05, 3.63) is 36.5 Å². The van der Waals surface area contributed by atoms with E-state index in [1.54, 1.807) is 6.08 Å². The number of hydrogen-bond acceptors (Lipinski definition) is 10. The summed E-state index contributed by atoms with van der Waals surface area (Å²) >= 11 is 0. The predicted molar refractivity (Wildman–Crippen MR) is 269 cm³/mol. The Morgan fingerprint density at radius 3 is 1.56 bits per heavy atom. The van der Waals surface area contributed by atoms with Gasteiger partial charge in [-0.25, -0.2) is 0 Å². The fourth-order valence-corrected chi connectivity index (χ4v) is 8.37.